The second-order valence-corrected chi connectivity index (χ2v) is 10.3. The van der Waals surface area contributed by atoms with Gasteiger partial charge in [0, 0.05) is 33.7 Å². The van der Waals surface area contributed by atoms with E-state index >= 15 is 4.39 Å². The number of aryl methyl sites for hydroxylation is 1. The molecule has 6 nitrogen and oxygen atoms in total. The lowest BCUT2D eigenvalue weighted by atomic mass is 9.73. The van der Waals surface area contributed by atoms with Crippen molar-refractivity contribution in [3.8, 4) is 11.6 Å². The zero-order valence-electron chi connectivity index (χ0n) is 21.6. The largest absolute Gasteiger partial charge is 0.494 e. The van der Waals surface area contributed by atoms with E-state index in [9.17, 15) is 5.11 Å². The van der Waals surface area contributed by atoms with Gasteiger partial charge in [-0.15, -0.1) is 0 Å². The minimum atomic E-state index is -1.61. The molecule has 2 heterocycles. The number of pyridine rings is 2. The standard InChI is InChI=1S/C29H31BrFN3O3/c1-18-11-13-32-25(15-18)29(35,12-14-34(2)3)26(21-7-6-8-24(36-4)27(21)31)22-17-19-16-20(30)9-10-23(19)33-28(22)37-5/h6-11,13,15-17,26,35H,12,14H2,1-5H3. The fourth-order valence-electron chi connectivity index (χ4n) is 4.69. The summed E-state index contributed by atoms with van der Waals surface area (Å²) >= 11 is 3.53. The van der Waals surface area contributed by atoms with Crippen LogP contribution in [0.25, 0.3) is 10.9 Å². The van der Waals surface area contributed by atoms with Gasteiger partial charge in [0.05, 0.1) is 31.3 Å². The van der Waals surface area contributed by atoms with Gasteiger partial charge in [-0.2, -0.15) is 0 Å². The fourth-order valence-corrected chi connectivity index (χ4v) is 5.07. The summed E-state index contributed by atoms with van der Waals surface area (Å²) in [5, 5.41) is 13.5. The number of rotatable bonds is 9. The highest BCUT2D eigenvalue weighted by molar-refractivity contribution is 9.10. The smallest absolute Gasteiger partial charge is 0.217 e. The highest BCUT2D eigenvalue weighted by Crippen LogP contribution is 2.48. The van der Waals surface area contributed by atoms with Crippen molar-refractivity contribution in [3.63, 3.8) is 0 Å². The molecule has 2 aromatic carbocycles. The average molecular weight is 568 g/mol. The number of ether oxygens (including phenoxy) is 2. The third-order valence-corrected chi connectivity index (χ3v) is 7.07. The topological polar surface area (TPSA) is 67.7 Å². The Kier molecular flexibility index (Phi) is 8.11. The number of aromatic nitrogens is 2. The van der Waals surface area contributed by atoms with Crippen LogP contribution in [-0.4, -0.2) is 54.8 Å². The van der Waals surface area contributed by atoms with Gasteiger partial charge in [-0.25, -0.2) is 9.37 Å². The van der Waals surface area contributed by atoms with E-state index in [1.807, 2.05) is 62.3 Å². The number of hydrogen-bond acceptors (Lipinski definition) is 6. The summed E-state index contributed by atoms with van der Waals surface area (Å²) in [6, 6.07) is 16.3. The molecule has 0 bridgehead atoms. The Morgan fingerprint density at radius 1 is 1.05 bits per heavy atom. The molecule has 0 amide bonds. The second kappa shape index (κ2) is 11.1. The summed E-state index contributed by atoms with van der Waals surface area (Å²) in [5.41, 5.74) is 1.30. The first-order chi connectivity index (χ1) is 17.7. The summed E-state index contributed by atoms with van der Waals surface area (Å²) < 4.78 is 28.0. The monoisotopic (exact) mass is 567 g/mol. The Labute approximate surface area is 225 Å². The zero-order valence-corrected chi connectivity index (χ0v) is 23.2. The average Bonchev–Trinajstić information content (AvgIpc) is 2.88. The van der Waals surface area contributed by atoms with Crippen LogP contribution in [0.4, 0.5) is 4.39 Å². The summed E-state index contributed by atoms with van der Waals surface area (Å²) in [6.07, 6.45) is 1.94. The molecule has 0 aliphatic heterocycles. The van der Waals surface area contributed by atoms with Crippen LogP contribution < -0.4 is 9.47 Å². The Hall–Kier alpha value is -3.07. The van der Waals surface area contributed by atoms with Crippen LogP contribution in [0.5, 0.6) is 11.6 Å². The molecule has 4 aromatic rings. The maximum atomic E-state index is 16.0. The van der Waals surface area contributed by atoms with Crippen LogP contribution in [0.3, 0.4) is 0 Å². The van der Waals surface area contributed by atoms with Gasteiger partial charge in [0.15, 0.2) is 11.6 Å². The number of aliphatic hydroxyl groups is 1. The number of hydrogen-bond donors (Lipinski definition) is 1. The van der Waals surface area contributed by atoms with Gasteiger partial charge in [-0.3, -0.25) is 4.98 Å². The van der Waals surface area contributed by atoms with Crippen molar-refractivity contribution >= 4 is 26.8 Å². The summed E-state index contributed by atoms with van der Waals surface area (Å²) in [4.78, 5) is 11.3. The second-order valence-electron chi connectivity index (χ2n) is 9.42. The molecule has 8 heteroatoms. The Balaban J connectivity index is 2.09. The molecule has 0 fully saturated rings. The van der Waals surface area contributed by atoms with E-state index in [2.05, 4.69) is 20.9 Å². The summed E-state index contributed by atoms with van der Waals surface area (Å²) in [5.74, 6) is -1.08. The first-order valence-electron chi connectivity index (χ1n) is 11.9. The fraction of sp³-hybridized carbons (Fsp3) is 0.310. The van der Waals surface area contributed by atoms with Gasteiger partial charge in [0.1, 0.15) is 5.60 Å². The third kappa shape index (κ3) is 5.46. The lowest BCUT2D eigenvalue weighted by Crippen LogP contribution is -2.39. The lowest BCUT2D eigenvalue weighted by Gasteiger charge is -2.38. The number of benzene rings is 2. The van der Waals surface area contributed by atoms with Crippen molar-refractivity contribution in [3.05, 3.63) is 93.5 Å². The number of nitrogens with zero attached hydrogens (tertiary/aromatic N) is 3. The Morgan fingerprint density at radius 3 is 2.51 bits per heavy atom. The van der Waals surface area contributed by atoms with Gasteiger partial charge in [0.2, 0.25) is 5.88 Å². The van der Waals surface area contributed by atoms with Crippen LogP contribution in [0, 0.1) is 12.7 Å². The molecule has 0 saturated heterocycles. The van der Waals surface area contributed by atoms with Crippen LogP contribution in [0.2, 0.25) is 0 Å². The van der Waals surface area contributed by atoms with E-state index in [-0.39, 0.29) is 17.7 Å². The predicted octanol–water partition coefficient (Wildman–Crippen LogP) is 5.83. The molecular weight excluding hydrogens is 537 g/mol. The number of methoxy groups -OCH3 is 2. The van der Waals surface area contributed by atoms with Gasteiger partial charge in [0.25, 0.3) is 0 Å². The molecule has 2 atom stereocenters. The summed E-state index contributed by atoms with van der Waals surface area (Å²) in [6.45, 7) is 2.47. The van der Waals surface area contributed by atoms with Gasteiger partial charge < -0.3 is 19.5 Å². The highest BCUT2D eigenvalue weighted by atomic mass is 79.9. The molecule has 0 aliphatic carbocycles. The van der Waals surface area contributed by atoms with Gasteiger partial charge in [-0.05, 0) is 75.5 Å². The molecule has 194 valence electrons. The SMILES string of the molecule is COc1cccc(C(c2cc3cc(Br)ccc3nc2OC)C(O)(CCN(C)C)c2cc(C)ccn2)c1F. The molecule has 2 aromatic heterocycles. The van der Waals surface area contributed by atoms with Crippen LogP contribution >= 0.6 is 15.9 Å². The van der Waals surface area contributed by atoms with Crippen LogP contribution in [-0.2, 0) is 5.60 Å². The van der Waals surface area contributed by atoms with Crippen molar-refractivity contribution in [2.75, 3.05) is 34.9 Å². The maximum Gasteiger partial charge on any atom is 0.217 e. The Morgan fingerprint density at radius 2 is 1.84 bits per heavy atom. The first-order valence-corrected chi connectivity index (χ1v) is 12.7. The summed E-state index contributed by atoms with van der Waals surface area (Å²) in [7, 11) is 6.81. The molecule has 0 aliphatic rings. The zero-order chi connectivity index (χ0) is 26.7. The minimum absolute atomic E-state index is 0.0881. The Bertz CT molecular complexity index is 1410. The number of halogens is 2. The number of fused-ring (bicyclic) bond motifs is 1. The third-order valence-electron chi connectivity index (χ3n) is 6.57. The van der Waals surface area contributed by atoms with Crippen LogP contribution in [0.15, 0.2) is 65.3 Å². The van der Waals surface area contributed by atoms with E-state index in [4.69, 9.17) is 14.5 Å². The minimum Gasteiger partial charge on any atom is -0.494 e. The molecule has 37 heavy (non-hydrogen) atoms. The van der Waals surface area contributed by atoms with Crippen molar-refractivity contribution in [1.29, 1.82) is 0 Å². The van der Waals surface area contributed by atoms with Gasteiger partial charge in [-0.1, -0.05) is 28.1 Å². The molecule has 4 rings (SSSR count). The molecule has 0 spiro atoms. The van der Waals surface area contributed by atoms with E-state index in [1.54, 1.807) is 24.4 Å². The lowest BCUT2D eigenvalue weighted by molar-refractivity contribution is -0.00127. The van der Waals surface area contributed by atoms with Crippen LogP contribution in [0.1, 0.15) is 34.7 Å². The normalized spacial score (nSPS) is 14.0. The van der Waals surface area contributed by atoms with E-state index in [0.29, 0.717) is 23.7 Å². The molecule has 1 N–H and O–H groups in total. The van der Waals surface area contributed by atoms with Crippen molar-refractivity contribution in [2.24, 2.45) is 0 Å². The van der Waals surface area contributed by atoms with E-state index in [0.717, 1.165) is 20.9 Å². The molecule has 2 unspecified atom stereocenters. The first kappa shape index (κ1) is 27.0. The predicted molar refractivity (Wildman–Crippen MR) is 147 cm³/mol. The van der Waals surface area contributed by atoms with E-state index in [1.165, 1.54) is 14.2 Å². The van der Waals surface area contributed by atoms with E-state index < -0.39 is 17.3 Å². The molecular formula is C29H31BrFN3O3. The molecule has 0 radical (unpaired) electrons. The van der Waals surface area contributed by atoms with Crippen molar-refractivity contribution in [1.82, 2.24) is 14.9 Å². The maximum absolute atomic E-state index is 16.0. The van der Waals surface area contributed by atoms with Gasteiger partial charge >= 0.3 is 0 Å². The highest BCUT2D eigenvalue weighted by Gasteiger charge is 2.45. The van der Waals surface area contributed by atoms with Crippen molar-refractivity contribution in [2.45, 2.75) is 24.9 Å². The molecule has 0 saturated carbocycles. The quantitative estimate of drug-likeness (QED) is 0.274. The van der Waals surface area contributed by atoms with Crippen molar-refractivity contribution < 1.29 is 19.0 Å².